The quantitative estimate of drug-likeness (QED) is 0.473. The van der Waals surface area contributed by atoms with E-state index in [1.807, 2.05) is 13.8 Å². The molecule has 0 bridgehead atoms. The van der Waals surface area contributed by atoms with Crippen LogP contribution >= 0.6 is 0 Å². The minimum Gasteiger partial charge on any atom is -0.481 e. The predicted molar refractivity (Wildman–Crippen MR) is 76.2 cm³/mol. The molecule has 0 radical (unpaired) electrons. The van der Waals surface area contributed by atoms with Crippen LogP contribution in [0.5, 0.6) is 0 Å². The molecule has 0 saturated carbocycles. The fraction of sp³-hybridized carbons (Fsp3) is 0.714. The van der Waals surface area contributed by atoms with E-state index in [2.05, 4.69) is 11.9 Å². The highest BCUT2D eigenvalue weighted by Crippen LogP contribution is 2.02. The van der Waals surface area contributed by atoms with Crippen LogP contribution in [-0.4, -0.2) is 41.6 Å². The van der Waals surface area contributed by atoms with Crippen molar-refractivity contribution < 1.29 is 14.7 Å². The van der Waals surface area contributed by atoms with E-state index in [-0.39, 0.29) is 12.5 Å². The fourth-order valence-electron chi connectivity index (χ4n) is 1.71. The molecule has 0 aromatic carbocycles. The van der Waals surface area contributed by atoms with Gasteiger partial charge < -0.3 is 15.3 Å². The molecule has 0 fully saturated rings. The van der Waals surface area contributed by atoms with Crippen LogP contribution in [0.1, 0.15) is 46.0 Å². The van der Waals surface area contributed by atoms with Crippen LogP contribution in [-0.2, 0) is 4.79 Å². The number of carbonyl (C=O) groups excluding carboxylic acids is 1. The number of carboxylic acid groups (broad SMARTS) is 1. The van der Waals surface area contributed by atoms with Crippen LogP contribution in [0.15, 0.2) is 12.2 Å². The zero-order valence-electron chi connectivity index (χ0n) is 12.1. The normalized spacial score (nSPS) is 10.0. The molecule has 0 aromatic rings. The molecule has 0 rings (SSSR count). The van der Waals surface area contributed by atoms with Gasteiger partial charge in [0, 0.05) is 26.1 Å². The molecule has 19 heavy (non-hydrogen) atoms. The van der Waals surface area contributed by atoms with E-state index in [1.54, 1.807) is 4.90 Å². The monoisotopic (exact) mass is 270 g/mol. The first-order valence-corrected chi connectivity index (χ1v) is 6.86. The van der Waals surface area contributed by atoms with Gasteiger partial charge >= 0.3 is 12.0 Å². The first-order chi connectivity index (χ1) is 8.97. The molecular weight excluding hydrogens is 244 g/mol. The van der Waals surface area contributed by atoms with Crippen molar-refractivity contribution in [3.05, 3.63) is 12.2 Å². The number of likely N-dealkylation sites (N-methyl/N-ethyl adjacent to an activating group) is 1. The maximum Gasteiger partial charge on any atom is 0.317 e. The maximum absolute atomic E-state index is 11.8. The first-order valence-electron chi connectivity index (χ1n) is 6.86. The van der Waals surface area contributed by atoms with E-state index in [4.69, 9.17) is 5.11 Å². The summed E-state index contributed by atoms with van der Waals surface area (Å²) in [4.78, 5) is 23.8. The Labute approximate surface area is 115 Å². The summed E-state index contributed by atoms with van der Waals surface area (Å²) in [6, 6.07) is -0.0592. The Balaban J connectivity index is 3.61. The van der Waals surface area contributed by atoms with Gasteiger partial charge in [0.05, 0.1) is 0 Å². The third-order valence-electron chi connectivity index (χ3n) is 2.72. The van der Waals surface area contributed by atoms with E-state index in [9.17, 15) is 9.59 Å². The minimum absolute atomic E-state index is 0.0592. The molecule has 0 atom stereocenters. The molecule has 0 aliphatic carbocycles. The van der Waals surface area contributed by atoms with Crippen LogP contribution < -0.4 is 5.32 Å². The molecule has 0 spiro atoms. The van der Waals surface area contributed by atoms with E-state index in [1.165, 1.54) is 0 Å². The molecule has 5 heteroatoms. The smallest absolute Gasteiger partial charge is 0.317 e. The van der Waals surface area contributed by atoms with Gasteiger partial charge in [-0.2, -0.15) is 0 Å². The van der Waals surface area contributed by atoms with Gasteiger partial charge in [-0.15, -0.1) is 0 Å². The lowest BCUT2D eigenvalue weighted by Gasteiger charge is -2.21. The SMILES string of the molecule is C=C(C)CN(CC)C(=O)NCCCCCCC(=O)O. The third kappa shape index (κ3) is 10.1. The summed E-state index contributed by atoms with van der Waals surface area (Å²) >= 11 is 0. The number of amides is 2. The molecule has 0 aromatic heterocycles. The lowest BCUT2D eigenvalue weighted by Crippen LogP contribution is -2.41. The van der Waals surface area contributed by atoms with Crippen LogP contribution in [0.3, 0.4) is 0 Å². The number of hydrogen-bond acceptors (Lipinski definition) is 2. The van der Waals surface area contributed by atoms with Gasteiger partial charge in [-0.25, -0.2) is 4.79 Å². The molecule has 0 aliphatic rings. The third-order valence-corrected chi connectivity index (χ3v) is 2.72. The summed E-state index contributed by atoms with van der Waals surface area (Å²) in [5.74, 6) is -0.744. The van der Waals surface area contributed by atoms with Crippen molar-refractivity contribution in [2.45, 2.75) is 46.0 Å². The Morgan fingerprint density at radius 1 is 1.21 bits per heavy atom. The van der Waals surface area contributed by atoms with Crippen molar-refractivity contribution in [1.82, 2.24) is 10.2 Å². The number of rotatable bonds is 10. The fourth-order valence-corrected chi connectivity index (χ4v) is 1.71. The van der Waals surface area contributed by atoms with Crippen LogP contribution in [0.4, 0.5) is 4.79 Å². The highest BCUT2D eigenvalue weighted by Gasteiger charge is 2.09. The van der Waals surface area contributed by atoms with Crippen molar-refractivity contribution in [2.75, 3.05) is 19.6 Å². The number of nitrogens with zero attached hydrogens (tertiary/aromatic N) is 1. The molecule has 0 aliphatic heterocycles. The van der Waals surface area contributed by atoms with Gasteiger partial charge in [0.1, 0.15) is 0 Å². The van der Waals surface area contributed by atoms with Crippen molar-refractivity contribution in [3.8, 4) is 0 Å². The van der Waals surface area contributed by atoms with Crippen molar-refractivity contribution in [1.29, 1.82) is 0 Å². The number of unbranched alkanes of at least 4 members (excludes halogenated alkanes) is 3. The lowest BCUT2D eigenvalue weighted by atomic mass is 10.1. The van der Waals surface area contributed by atoms with E-state index >= 15 is 0 Å². The van der Waals surface area contributed by atoms with E-state index in [0.29, 0.717) is 26.1 Å². The van der Waals surface area contributed by atoms with E-state index < -0.39 is 5.97 Å². The summed E-state index contributed by atoms with van der Waals surface area (Å²) in [6.45, 7) is 9.53. The molecule has 0 unspecified atom stereocenters. The Kier molecular flexibility index (Phi) is 9.57. The van der Waals surface area contributed by atoms with Crippen molar-refractivity contribution in [2.24, 2.45) is 0 Å². The topological polar surface area (TPSA) is 69.6 Å². The zero-order chi connectivity index (χ0) is 14.7. The minimum atomic E-state index is -0.744. The Morgan fingerprint density at radius 2 is 1.84 bits per heavy atom. The van der Waals surface area contributed by atoms with Crippen molar-refractivity contribution >= 4 is 12.0 Å². The summed E-state index contributed by atoms with van der Waals surface area (Å²) in [5.41, 5.74) is 0.964. The number of urea groups is 1. The molecule has 0 saturated heterocycles. The highest BCUT2D eigenvalue weighted by atomic mass is 16.4. The molecule has 2 amide bonds. The second-order valence-corrected chi connectivity index (χ2v) is 4.76. The average Bonchev–Trinajstić information content (AvgIpc) is 2.33. The summed E-state index contributed by atoms with van der Waals surface area (Å²) in [7, 11) is 0. The number of carbonyl (C=O) groups is 2. The molecule has 110 valence electrons. The average molecular weight is 270 g/mol. The van der Waals surface area contributed by atoms with Gasteiger partial charge in [0.2, 0.25) is 0 Å². The predicted octanol–water partition coefficient (Wildman–Crippen LogP) is 2.63. The van der Waals surface area contributed by atoms with E-state index in [0.717, 1.165) is 24.8 Å². The molecule has 5 nitrogen and oxygen atoms in total. The van der Waals surface area contributed by atoms with Crippen molar-refractivity contribution in [3.63, 3.8) is 0 Å². The maximum atomic E-state index is 11.8. The van der Waals surface area contributed by atoms with Crippen LogP contribution in [0, 0.1) is 0 Å². The summed E-state index contributed by atoms with van der Waals surface area (Å²) < 4.78 is 0. The van der Waals surface area contributed by atoms with Gasteiger partial charge in [0.25, 0.3) is 0 Å². The Bertz CT molecular complexity index is 303. The second-order valence-electron chi connectivity index (χ2n) is 4.76. The summed E-state index contributed by atoms with van der Waals surface area (Å²) in [6.07, 6.45) is 3.66. The van der Waals surface area contributed by atoms with Gasteiger partial charge in [-0.1, -0.05) is 25.0 Å². The largest absolute Gasteiger partial charge is 0.481 e. The number of hydrogen-bond donors (Lipinski definition) is 2. The standard InChI is InChI=1S/C14H26N2O3/c1-4-16(11-12(2)3)14(19)15-10-8-6-5-7-9-13(17)18/h2,4-11H2,1,3H3,(H,15,19)(H,17,18). The van der Waals surface area contributed by atoms with Crippen LogP contribution in [0.2, 0.25) is 0 Å². The summed E-state index contributed by atoms with van der Waals surface area (Å²) in [5, 5.41) is 11.3. The molecule has 2 N–H and O–H groups in total. The van der Waals surface area contributed by atoms with Gasteiger partial charge in [0.15, 0.2) is 0 Å². The van der Waals surface area contributed by atoms with Gasteiger partial charge in [-0.05, 0) is 26.7 Å². The number of nitrogens with one attached hydrogen (secondary N) is 1. The molecule has 0 heterocycles. The number of carboxylic acids is 1. The van der Waals surface area contributed by atoms with Crippen LogP contribution in [0.25, 0.3) is 0 Å². The zero-order valence-corrected chi connectivity index (χ0v) is 12.1. The Morgan fingerprint density at radius 3 is 2.37 bits per heavy atom. The highest BCUT2D eigenvalue weighted by molar-refractivity contribution is 5.74. The number of aliphatic carboxylic acids is 1. The Hall–Kier alpha value is -1.52. The first kappa shape index (κ1) is 17.5. The van der Waals surface area contributed by atoms with Gasteiger partial charge in [-0.3, -0.25) is 4.79 Å². The second kappa shape index (κ2) is 10.4. The lowest BCUT2D eigenvalue weighted by molar-refractivity contribution is -0.137. The molecular formula is C14H26N2O3.